The highest BCUT2D eigenvalue weighted by Crippen LogP contribution is 2.23. The van der Waals surface area contributed by atoms with Gasteiger partial charge in [-0.15, -0.1) is 10.2 Å². The number of hydrogen-bond donors (Lipinski definition) is 2. The zero-order chi connectivity index (χ0) is 18.7. The number of thioether (sulfide) groups is 1. The average molecular weight is 376 g/mol. The Bertz CT molecular complexity index is 821. The summed E-state index contributed by atoms with van der Waals surface area (Å²) in [6.07, 6.45) is 4.40. The van der Waals surface area contributed by atoms with Crippen LogP contribution in [0.25, 0.3) is 5.78 Å². The summed E-state index contributed by atoms with van der Waals surface area (Å²) in [6.45, 7) is 5.97. The molecule has 0 aromatic carbocycles. The fraction of sp³-hybridized carbons (Fsp3) is 0.588. The quantitative estimate of drug-likeness (QED) is 0.794. The van der Waals surface area contributed by atoms with Crippen molar-refractivity contribution in [2.45, 2.75) is 57.7 Å². The molecular weight excluding hydrogens is 352 g/mol. The summed E-state index contributed by atoms with van der Waals surface area (Å²) < 4.78 is 1.80. The van der Waals surface area contributed by atoms with Crippen LogP contribution in [-0.2, 0) is 4.79 Å². The molecule has 1 aliphatic rings. The van der Waals surface area contributed by atoms with Crippen molar-refractivity contribution in [1.29, 1.82) is 0 Å². The lowest BCUT2D eigenvalue weighted by atomic mass is 9.86. The highest BCUT2D eigenvalue weighted by atomic mass is 32.2. The van der Waals surface area contributed by atoms with Gasteiger partial charge in [-0.05, 0) is 38.7 Å². The SMILES string of the molecule is Cc1cc(C)n2c(SCC(=O)NC(=O)N[C@@H]3CCCC[C@H]3C)nnc2n1. The van der Waals surface area contributed by atoms with E-state index in [1.165, 1.54) is 18.2 Å². The van der Waals surface area contributed by atoms with E-state index < -0.39 is 6.03 Å². The van der Waals surface area contributed by atoms with Crippen LogP contribution in [-0.4, -0.2) is 43.3 Å². The molecule has 2 aromatic rings. The maximum Gasteiger partial charge on any atom is 0.321 e. The third kappa shape index (κ3) is 4.32. The van der Waals surface area contributed by atoms with Gasteiger partial charge < -0.3 is 5.32 Å². The lowest BCUT2D eigenvalue weighted by Crippen LogP contribution is -2.48. The molecule has 1 aliphatic carbocycles. The van der Waals surface area contributed by atoms with Crippen LogP contribution in [0.3, 0.4) is 0 Å². The van der Waals surface area contributed by atoms with Crippen molar-refractivity contribution in [2.24, 2.45) is 5.92 Å². The monoisotopic (exact) mass is 376 g/mol. The number of urea groups is 1. The topological polar surface area (TPSA) is 101 Å². The van der Waals surface area contributed by atoms with Crippen LogP contribution in [0.5, 0.6) is 0 Å². The Balaban J connectivity index is 1.53. The van der Waals surface area contributed by atoms with Crippen LogP contribution < -0.4 is 10.6 Å². The number of nitrogens with one attached hydrogen (secondary N) is 2. The Hall–Kier alpha value is -2.16. The van der Waals surface area contributed by atoms with Gasteiger partial charge in [-0.2, -0.15) is 0 Å². The number of carbonyl (C=O) groups is 2. The number of amides is 3. The zero-order valence-corrected chi connectivity index (χ0v) is 16.1. The number of nitrogens with zero attached hydrogens (tertiary/aromatic N) is 4. The van der Waals surface area contributed by atoms with E-state index in [1.54, 1.807) is 4.40 Å². The van der Waals surface area contributed by atoms with E-state index in [2.05, 4.69) is 32.7 Å². The van der Waals surface area contributed by atoms with E-state index in [1.807, 2.05) is 19.9 Å². The molecular formula is C17H24N6O2S. The molecule has 3 amide bonds. The maximum absolute atomic E-state index is 12.1. The molecule has 0 bridgehead atoms. The first kappa shape index (κ1) is 18.6. The minimum atomic E-state index is -0.422. The predicted octanol–water partition coefficient (Wildman–Crippen LogP) is 2.24. The number of fused-ring (bicyclic) bond motifs is 1. The van der Waals surface area contributed by atoms with Crippen molar-refractivity contribution < 1.29 is 9.59 Å². The zero-order valence-electron chi connectivity index (χ0n) is 15.3. The molecule has 0 aliphatic heterocycles. The first-order valence-electron chi connectivity index (χ1n) is 8.86. The summed E-state index contributed by atoms with van der Waals surface area (Å²) in [5, 5.41) is 14.0. The summed E-state index contributed by atoms with van der Waals surface area (Å²) in [5.74, 6) is 0.682. The lowest BCUT2D eigenvalue weighted by Gasteiger charge is -2.29. The molecule has 9 heteroatoms. The number of imide groups is 1. The molecule has 8 nitrogen and oxygen atoms in total. The van der Waals surface area contributed by atoms with Crippen molar-refractivity contribution >= 4 is 29.5 Å². The first-order valence-corrected chi connectivity index (χ1v) is 9.85. The second-order valence-corrected chi connectivity index (χ2v) is 7.78. The number of hydrogen-bond acceptors (Lipinski definition) is 6. The highest BCUT2D eigenvalue weighted by molar-refractivity contribution is 7.99. The Labute approximate surface area is 156 Å². The van der Waals surface area contributed by atoms with Gasteiger partial charge in [-0.25, -0.2) is 9.78 Å². The number of aromatic nitrogens is 4. The van der Waals surface area contributed by atoms with Crippen molar-refractivity contribution in [3.8, 4) is 0 Å². The van der Waals surface area contributed by atoms with Gasteiger partial charge in [0.1, 0.15) is 0 Å². The van der Waals surface area contributed by atoms with E-state index in [0.29, 0.717) is 16.9 Å². The minimum absolute atomic E-state index is 0.0851. The Morgan fingerprint density at radius 1 is 1.27 bits per heavy atom. The Morgan fingerprint density at radius 3 is 2.81 bits per heavy atom. The Morgan fingerprint density at radius 2 is 2.04 bits per heavy atom. The van der Waals surface area contributed by atoms with Gasteiger partial charge >= 0.3 is 6.03 Å². The molecule has 0 unspecified atom stereocenters. The van der Waals surface area contributed by atoms with Crippen LogP contribution in [0.4, 0.5) is 4.79 Å². The van der Waals surface area contributed by atoms with Crippen LogP contribution in [0.1, 0.15) is 44.0 Å². The molecule has 2 N–H and O–H groups in total. The molecule has 2 atom stereocenters. The molecule has 0 saturated heterocycles. The van der Waals surface area contributed by atoms with E-state index >= 15 is 0 Å². The molecule has 0 spiro atoms. The van der Waals surface area contributed by atoms with Crippen LogP contribution in [0.15, 0.2) is 11.2 Å². The lowest BCUT2D eigenvalue weighted by molar-refractivity contribution is -0.117. The number of carbonyl (C=O) groups excluding carboxylic acids is 2. The largest absolute Gasteiger partial charge is 0.335 e. The molecule has 2 heterocycles. The van der Waals surface area contributed by atoms with Gasteiger partial charge in [0.2, 0.25) is 5.91 Å². The Kier molecular flexibility index (Phi) is 5.75. The summed E-state index contributed by atoms with van der Waals surface area (Å²) in [5.41, 5.74) is 1.81. The van der Waals surface area contributed by atoms with Crippen LogP contribution in [0, 0.1) is 19.8 Å². The fourth-order valence-corrected chi connectivity index (χ4v) is 4.11. The third-order valence-corrected chi connectivity index (χ3v) is 5.61. The van der Waals surface area contributed by atoms with Crippen LogP contribution in [0.2, 0.25) is 0 Å². The highest BCUT2D eigenvalue weighted by Gasteiger charge is 2.23. The summed E-state index contributed by atoms with van der Waals surface area (Å²) in [4.78, 5) is 28.4. The summed E-state index contributed by atoms with van der Waals surface area (Å²) >= 11 is 1.23. The normalized spacial score (nSPS) is 20.1. The standard InChI is InChI=1S/C17H24N6O2S/c1-10-6-4-5-7-13(10)19-16(25)20-14(24)9-26-17-22-21-15-18-11(2)8-12(3)23(15)17/h8,10,13H,4-7,9H2,1-3H3,(H2,19,20,24,25)/t10-,13-/m1/s1. The van der Waals surface area contributed by atoms with Gasteiger partial charge in [-0.3, -0.25) is 14.5 Å². The number of rotatable bonds is 4. The second kappa shape index (κ2) is 8.03. The van der Waals surface area contributed by atoms with E-state index in [4.69, 9.17) is 0 Å². The van der Waals surface area contributed by atoms with E-state index in [-0.39, 0.29) is 17.7 Å². The van der Waals surface area contributed by atoms with Gasteiger partial charge in [0.25, 0.3) is 5.78 Å². The first-order chi connectivity index (χ1) is 12.4. The smallest absolute Gasteiger partial charge is 0.321 e. The van der Waals surface area contributed by atoms with Gasteiger partial charge in [0.05, 0.1) is 5.75 Å². The van der Waals surface area contributed by atoms with Gasteiger partial charge in [0.15, 0.2) is 5.16 Å². The van der Waals surface area contributed by atoms with Crippen molar-refractivity contribution in [2.75, 3.05) is 5.75 Å². The van der Waals surface area contributed by atoms with E-state index in [0.717, 1.165) is 30.7 Å². The van der Waals surface area contributed by atoms with Crippen molar-refractivity contribution in [1.82, 2.24) is 30.2 Å². The second-order valence-electron chi connectivity index (χ2n) is 6.84. The third-order valence-electron chi connectivity index (χ3n) is 4.68. The average Bonchev–Trinajstić information content (AvgIpc) is 2.98. The predicted molar refractivity (Wildman–Crippen MR) is 99.1 cm³/mol. The summed E-state index contributed by atoms with van der Waals surface area (Å²) in [7, 11) is 0. The molecule has 1 saturated carbocycles. The molecule has 2 aromatic heterocycles. The maximum atomic E-state index is 12.1. The fourth-order valence-electron chi connectivity index (χ4n) is 3.32. The molecule has 3 rings (SSSR count). The summed E-state index contributed by atoms with van der Waals surface area (Å²) in [6, 6.07) is 1.65. The number of aryl methyl sites for hydroxylation is 2. The van der Waals surface area contributed by atoms with Crippen LogP contribution >= 0.6 is 11.8 Å². The van der Waals surface area contributed by atoms with Crippen molar-refractivity contribution in [3.63, 3.8) is 0 Å². The van der Waals surface area contributed by atoms with Gasteiger partial charge in [-0.1, -0.05) is 31.5 Å². The molecule has 0 radical (unpaired) electrons. The van der Waals surface area contributed by atoms with Crippen molar-refractivity contribution in [3.05, 3.63) is 17.5 Å². The molecule has 1 fully saturated rings. The minimum Gasteiger partial charge on any atom is -0.335 e. The molecule has 26 heavy (non-hydrogen) atoms. The van der Waals surface area contributed by atoms with Gasteiger partial charge in [0, 0.05) is 17.4 Å². The van der Waals surface area contributed by atoms with E-state index in [9.17, 15) is 9.59 Å². The molecule has 140 valence electrons.